The van der Waals surface area contributed by atoms with E-state index in [4.69, 9.17) is 4.89 Å². The minimum absolute atomic E-state index is 0.137. The zero-order valence-corrected chi connectivity index (χ0v) is 17.5. The third-order valence-electron chi connectivity index (χ3n) is 4.55. The van der Waals surface area contributed by atoms with Gasteiger partial charge in [-0.05, 0) is 37.5 Å². The number of rotatable bonds is 6. The predicted octanol–water partition coefficient (Wildman–Crippen LogP) is 3.57. The van der Waals surface area contributed by atoms with Crippen molar-refractivity contribution >= 4 is 34.8 Å². The van der Waals surface area contributed by atoms with Crippen LogP contribution in [0.2, 0.25) is 0 Å². The molecule has 142 valence electrons. The van der Waals surface area contributed by atoms with Crippen molar-refractivity contribution in [2.45, 2.75) is 76.3 Å². The largest absolute Gasteiger partial charge is 0.358 e. The lowest BCUT2D eigenvalue weighted by Gasteiger charge is -2.30. The molecule has 0 spiro atoms. The molecule has 1 amide bonds. The first-order valence-electron chi connectivity index (χ1n) is 8.96. The van der Waals surface area contributed by atoms with E-state index in [1.807, 2.05) is 0 Å². The summed E-state index contributed by atoms with van der Waals surface area (Å²) in [6.45, 7) is 0. The van der Waals surface area contributed by atoms with Gasteiger partial charge in [0.05, 0.1) is 5.75 Å². The zero-order valence-electron chi connectivity index (χ0n) is 15.0. The van der Waals surface area contributed by atoms with E-state index in [-0.39, 0.29) is 11.7 Å². The van der Waals surface area contributed by atoms with E-state index in [0.29, 0.717) is 0 Å². The summed E-state index contributed by atoms with van der Waals surface area (Å²) in [5.74, 6) is -0.0340. The van der Waals surface area contributed by atoms with Crippen LogP contribution in [0.25, 0.3) is 0 Å². The quantitative estimate of drug-likeness (QED) is 0.596. The molecule has 5 nitrogen and oxygen atoms in total. The van der Waals surface area contributed by atoms with Crippen LogP contribution in [0.5, 0.6) is 0 Å². The first kappa shape index (κ1) is 22.4. The Balaban J connectivity index is 0.000000245. The summed E-state index contributed by atoms with van der Waals surface area (Å²) in [7, 11) is 2.86. The third kappa shape index (κ3) is 10.4. The number of hydrogen-bond donors (Lipinski definition) is 3. The molecular weight excluding hydrogens is 363 g/mol. The zero-order chi connectivity index (χ0) is 17.8. The van der Waals surface area contributed by atoms with E-state index in [1.54, 1.807) is 0 Å². The monoisotopic (exact) mass is 396 g/mol. The van der Waals surface area contributed by atoms with Crippen molar-refractivity contribution in [2.75, 3.05) is 19.9 Å². The highest BCUT2D eigenvalue weighted by atomic mass is 32.9. The molecule has 8 heteroatoms. The molecule has 1 unspecified atom stereocenters. The van der Waals surface area contributed by atoms with Gasteiger partial charge in [-0.25, -0.2) is 0 Å². The van der Waals surface area contributed by atoms with Crippen molar-refractivity contribution < 1.29 is 14.2 Å². The van der Waals surface area contributed by atoms with Crippen molar-refractivity contribution in [3.63, 3.8) is 0 Å². The first-order valence-corrected chi connectivity index (χ1v) is 13.2. The molecule has 0 bridgehead atoms. The van der Waals surface area contributed by atoms with Crippen LogP contribution in [-0.2, 0) is 21.1 Å². The predicted molar refractivity (Wildman–Crippen MR) is 107 cm³/mol. The molecule has 24 heavy (non-hydrogen) atoms. The Morgan fingerprint density at radius 1 is 1.12 bits per heavy atom. The topological polar surface area (TPSA) is 70.6 Å². The van der Waals surface area contributed by atoms with Gasteiger partial charge in [0.2, 0.25) is 11.6 Å². The fourth-order valence-electron chi connectivity index (χ4n) is 3.14. The number of nitrogens with one attached hydrogen (secondary N) is 2. The van der Waals surface area contributed by atoms with E-state index in [9.17, 15) is 4.79 Å². The van der Waals surface area contributed by atoms with Crippen LogP contribution in [0.1, 0.15) is 64.2 Å². The summed E-state index contributed by atoms with van der Waals surface area (Å²) in [6.07, 6.45) is 14.6. The van der Waals surface area contributed by atoms with Gasteiger partial charge in [0.15, 0.2) is 0 Å². The van der Waals surface area contributed by atoms with Gasteiger partial charge in [-0.15, -0.1) is 0 Å². The number of carbonyl (C=O) groups excluding carboxylic acids is 1. The summed E-state index contributed by atoms with van der Waals surface area (Å²) in [4.78, 5) is 19.8. The van der Waals surface area contributed by atoms with Gasteiger partial charge in [-0.3, -0.25) is 4.79 Å². The molecule has 2 rings (SSSR count). The van der Waals surface area contributed by atoms with E-state index in [0.717, 1.165) is 23.5 Å². The maximum atomic E-state index is 10.6. The molecule has 2 saturated carbocycles. The first-order chi connectivity index (χ1) is 11.5. The molecule has 0 radical (unpaired) electrons. The number of amides is 1. The summed E-state index contributed by atoms with van der Waals surface area (Å²) in [5, 5.41) is 6.26. The van der Waals surface area contributed by atoms with Crippen molar-refractivity contribution in [1.82, 2.24) is 10.6 Å². The van der Waals surface area contributed by atoms with Gasteiger partial charge in [0.1, 0.15) is 0 Å². The van der Waals surface area contributed by atoms with Gasteiger partial charge < -0.3 is 20.1 Å². The SMILES string of the molecule is C1CCC(NC2CCCCC2)CC1.CNC(=O)CSP(O)(=S)OC. The third-order valence-corrected chi connectivity index (χ3v) is 8.94. The van der Waals surface area contributed by atoms with Crippen LogP contribution in [0.4, 0.5) is 0 Å². The Morgan fingerprint density at radius 3 is 1.96 bits per heavy atom. The van der Waals surface area contributed by atoms with Crippen LogP contribution < -0.4 is 10.6 Å². The Labute approximate surface area is 156 Å². The molecule has 2 fully saturated rings. The van der Waals surface area contributed by atoms with Gasteiger partial charge in [0, 0.05) is 26.2 Å². The standard InChI is InChI=1S/C12H23N.C4H10NO3PS2/c1-3-7-11(8-4-1)13-12-9-5-2-6-10-12;1-5-4(6)3-11-9(7,10)8-2/h11-13H,1-10H2;3H2,1-2H3,(H,5,6)(H,7,10). The molecule has 0 aromatic heterocycles. The normalized spacial score (nSPS) is 22.1. The minimum atomic E-state index is -2.75. The average Bonchev–Trinajstić information content (AvgIpc) is 2.62. The van der Waals surface area contributed by atoms with Crippen LogP contribution in [0, 0.1) is 0 Å². The Morgan fingerprint density at radius 2 is 1.58 bits per heavy atom. The molecule has 0 saturated heterocycles. The smallest absolute Gasteiger partial charge is 0.244 e. The lowest BCUT2D eigenvalue weighted by Crippen LogP contribution is -2.40. The number of carbonyl (C=O) groups is 1. The maximum Gasteiger partial charge on any atom is 0.244 e. The summed E-state index contributed by atoms with van der Waals surface area (Å²) in [5.41, 5.74) is -2.75. The van der Waals surface area contributed by atoms with E-state index in [2.05, 4.69) is 27.0 Å². The van der Waals surface area contributed by atoms with Crippen molar-refractivity contribution in [3.05, 3.63) is 0 Å². The fraction of sp³-hybridized carbons (Fsp3) is 0.938. The van der Waals surface area contributed by atoms with Crippen LogP contribution in [0.15, 0.2) is 0 Å². The molecule has 3 N–H and O–H groups in total. The van der Waals surface area contributed by atoms with Gasteiger partial charge in [-0.2, -0.15) is 0 Å². The Hall–Kier alpha value is 0.350. The van der Waals surface area contributed by atoms with Gasteiger partial charge in [-0.1, -0.05) is 49.9 Å². The molecule has 0 aliphatic heterocycles. The Kier molecular flexibility index (Phi) is 11.8. The molecule has 2 aliphatic rings. The molecule has 0 heterocycles. The van der Waals surface area contributed by atoms with Crippen molar-refractivity contribution in [2.24, 2.45) is 0 Å². The van der Waals surface area contributed by atoms with Crippen LogP contribution in [-0.4, -0.2) is 42.8 Å². The summed E-state index contributed by atoms with van der Waals surface area (Å²) < 4.78 is 4.60. The van der Waals surface area contributed by atoms with Crippen molar-refractivity contribution in [1.29, 1.82) is 0 Å². The lowest BCUT2D eigenvalue weighted by molar-refractivity contribution is -0.118. The second-order valence-electron chi connectivity index (χ2n) is 6.43. The summed E-state index contributed by atoms with van der Waals surface area (Å²) >= 11 is 5.60. The van der Waals surface area contributed by atoms with Gasteiger partial charge >= 0.3 is 0 Å². The second-order valence-corrected chi connectivity index (χ2v) is 12.7. The molecule has 0 aromatic rings. The summed E-state index contributed by atoms with van der Waals surface area (Å²) in [6, 6.07) is 1.74. The van der Waals surface area contributed by atoms with E-state index >= 15 is 0 Å². The highest BCUT2D eigenvalue weighted by Gasteiger charge is 2.19. The highest BCUT2D eigenvalue weighted by molar-refractivity contribution is 8.67. The lowest BCUT2D eigenvalue weighted by atomic mass is 9.91. The minimum Gasteiger partial charge on any atom is -0.358 e. The van der Waals surface area contributed by atoms with Gasteiger partial charge in [0.25, 0.3) is 0 Å². The molecule has 1 atom stereocenters. The fourth-order valence-corrected chi connectivity index (χ4v) is 5.30. The van der Waals surface area contributed by atoms with Crippen LogP contribution in [0.3, 0.4) is 0 Å². The van der Waals surface area contributed by atoms with E-state index < -0.39 is 5.69 Å². The second kappa shape index (κ2) is 12.7. The average molecular weight is 397 g/mol. The highest BCUT2D eigenvalue weighted by Crippen LogP contribution is 2.54. The number of hydrogen-bond acceptors (Lipinski definition) is 5. The van der Waals surface area contributed by atoms with Crippen LogP contribution >= 0.6 is 17.1 Å². The maximum absolute atomic E-state index is 10.6. The van der Waals surface area contributed by atoms with Crippen molar-refractivity contribution in [3.8, 4) is 0 Å². The molecule has 2 aliphatic carbocycles. The van der Waals surface area contributed by atoms with E-state index in [1.165, 1.54) is 78.4 Å². The molecule has 0 aromatic carbocycles. The Bertz CT molecular complexity index is 385. The molecular formula is C16H33N2O3PS2.